The summed E-state index contributed by atoms with van der Waals surface area (Å²) < 4.78 is 5.57. The number of hydrogen-bond donors (Lipinski definition) is 0. The maximum absolute atomic E-state index is 2.51. The fourth-order valence-electron chi connectivity index (χ4n) is 10.2. The first-order chi connectivity index (χ1) is 29.8. The van der Waals surface area contributed by atoms with Crippen LogP contribution in [-0.2, 0) is 0 Å². The van der Waals surface area contributed by atoms with Crippen molar-refractivity contribution >= 4 is 108 Å². The van der Waals surface area contributed by atoms with E-state index in [0.717, 1.165) is 0 Å². The zero-order valence-corrected chi connectivity index (χ0v) is 35.0. The number of fused-ring (bicyclic) bond motifs is 10. The summed E-state index contributed by atoms with van der Waals surface area (Å²) in [4.78, 5) is 0. The second-order valence-electron chi connectivity index (χ2n) is 15.8. The predicted molar refractivity (Wildman–Crippen MR) is 263 cm³/mol. The molecule has 2 aromatic heterocycles. The predicted octanol–water partition coefficient (Wildman–Crippen LogP) is 16.7. The topological polar surface area (TPSA) is 0 Å². The van der Waals surface area contributed by atoms with Crippen LogP contribution in [-0.4, -0.2) is 14.5 Å². The fourth-order valence-corrected chi connectivity index (χ4v) is 13.7. The molecule has 0 radical (unpaired) electrons. The molecule has 0 aliphatic rings. The van der Waals surface area contributed by atoms with Crippen molar-refractivity contribution in [3.8, 4) is 44.5 Å². The summed E-state index contributed by atoms with van der Waals surface area (Å²) in [6.07, 6.45) is 0. The molecule has 0 unspecified atom stereocenters. The molecular formula is C58H34SSe. The molecule has 13 rings (SSSR count). The van der Waals surface area contributed by atoms with E-state index >= 15 is 0 Å². The van der Waals surface area contributed by atoms with Gasteiger partial charge < -0.3 is 0 Å². The Morgan fingerprint density at radius 3 is 1.33 bits per heavy atom. The van der Waals surface area contributed by atoms with E-state index in [1.165, 1.54) is 127 Å². The Bertz CT molecular complexity index is 3770. The molecular weight excluding hydrogens is 808 g/mol. The number of thiophene rings is 1. The molecule has 0 nitrogen and oxygen atoms in total. The van der Waals surface area contributed by atoms with E-state index in [-0.39, 0.29) is 14.5 Å². The van der Waals surface area contributed by atoms with E-state index in [9.17, 15) is 0 Å². The Kier molecular flexibility index (Phi) is 7.59. The second kappa shape index (κ2) is 13.4. The zero-order valence-electron chi connectivity index (χ0n) is 32.4. The molecule has 0 amide bonds. The first-order valence-electron chi connectivity index (χ1n) is 20.6. The molecule has 11 aromatic carbocycles. The molecule has 2 heteroatoms. The summed E-state index contributed by atoms with van der Waals surface area (Å²) in [6, 6.07) is 77.3. The van der Waals surface area contributed by atoms with Crippen LogP contribution in [0, 0.1) is 0 Å². The van der Waals surface area contributed by atoms with Gasteiger partial charge in [-0.3, -0.25) is 0 Å². The summed E-state index contributed by atoms with van der Waals surface area (Å²) in [5.74, 6) is 0. The minimum absolute atomic E-state index is 0.163. The van der Waals surface area contributed by atoms with Crippen LogP contribution in [0.25, 0.3) is 127 Å². The summed E-state index contributed by atoms with van der Waals surface area (Å²) in [7, 11) is 0. The van der Waals surface area contributed by atoms with Crippen molar-refractivity contribution < 1.29 is 0 Å². The zero-order chi connectivity index (χ0) is 39.3. The molecule has 2 heterocycles. The summed E-state index contributed by atoms with van der Waals surface area (Å²) in [5, 5.41) is 15.8. The van der Waals surface area contributed by atoms with E-state index in [1.54, 1.807) is 0 Å². The van der Waals surface area contributed by atoms with E-state index in [0.29, 0.717) is 0 Å². The minimum atomic E-state index is 0.163. The van der Waals surface area contributed by atoms with Gasteiger partial charge in [0.2, 0.25) is 0 Å². The van der Waals surface area contributed by atoms with Crippen LogP contribution in [0.5, 0.6) is 0 Å². The van der Waals surface area contributed by atoms with Gasteiger partial charge >= 0.3 is 341 Å². The molecule has 0 saturated heterocycles. The summed E-state index contributed by atoms with van der Waals surface area (Å²) in [5.41, 5.74) is 10.4. The molecule has 0 bridgehead atoms. The number of benzene rings is 11. The molecule has 0 fully saturated rings. The van der Waals surface area contributed by atoms with Crippen molar-refractivity contribution in [3.05, 3.63) is 206 Å². The average molecular weight is 842 g/mol. The molecule has 0 N–H and O–H groups in total. The molecule has 0 aliphatic heterocycles. The van der Waals surface area contributed by atoms with Crippen LogP contribution < -0.4 is 0 Å². The van der Waals surface area contributed by atoms with Crippen LogP contribution in [0.2, 0.25) is 0 Å². The normalized spacial score (nSPS) is 12.0. The van der Waals surface area contributed by atoms with Gasteiger partial charge in [0.15, 0.2) is 0 Å². The second-order valence-corrected chi connectivity index (χ2v) is 19.2. The molecule has 0 spiro atoms. The first kappa shape index (κ1) is 34.1. The van der Waals surface area contributed by atoms with Crippen LogP contribution in [0.1, 0.15) is 0 Å². The molecule has 60 heavy (non-hydrogen) atoms. The van der Waals surface area contributed by atoms with E-state index in [2.05, 4.69) is 206 Å². The molecule has 278 valence electrons. The molecule has 0 atom stereocenters. The van der Waals surface area contributed by atoms with Crippen molar-refractivity contribution in [2.45, 2.75) is 0 Å². The number of hydrogen-bond acceptors (Lipinski definition) is 1. The Balaban J connectivity index is 1.05. The van der Waals surface area contributed by atoms with E-state index in [4.69, 9.17) is 0 Å². The van der Waals surface area contributed by atoms with Crippen LogP contribution in [0.4, 0.5) is 0 Å². The van der Waals surface area contributed by atoms with Gasteiger partial charge in [0.1, 0.15) is 0 Å². The van der Waals surface area contributed by atoms with E-state index in [1.807, 2.05) is 11.3 Å². The van der Waals surface area contributed by atoms with Gasteiger partial charge in [-0.25, -0.2) is 0 Å². The summed E-state index contributed by atoms with van der Waals surface area (Å²) in [6.45, 7) is 0. The van der Waals surface area contributed by atoms with Crippen LogP contribution >= 0.6 is 11.3 Å². The Labute approximate surface area is 357 Å². The van der Waals surface area contributed by atoms with Gasteiger partial charge in [0.05, 0.1) is 0 Å². The third-order valence-electron chi connectivity index (χ3n) is 12.6. The third kappa shape index (κ3) is 5.03. The average Bonchev–Trinajstić information content (AvgIpc) is 3.88. The fraction of sp³-hybridized carbons (Fsp3) is 0. The van der Waals surface area contributed by atoms with Crippen molar-refractivity contribution in [2.75, 3.05) is 0 Å². The van der Waals surface area contributed by atoms with Gasteiger partial charge in [0, 0.05) is 0 Å². The third-order valence-corrected chi connectivity index (χ3v) is 16.1. The van der Waals surface area contributed by atoms with Crippen LogP contribution in [0.15, 0.2) is 206 Å². The Morgan fingerprint density at radius 1 is 0.267 bits per heavy atom. The van der Waals surface area contributed by atoms with Crippen molar-refractivity contribution in [1.29, 1.82) is 0 Å². The van der Waals surface area contributed by atoms with Crippen molar-refractivity contribution in [2.24, 2.45) is 0 Å². The standard InChI is InChI=1S/C58H34SSe/c1-2-15-35(16-3-1)54-39-18-4-6-20-41(39)56(42-21-7-5-19-40(42)54)37-29-31-47-53(34-37)60-52-28-14-26-48(58(47)52)57-45-24-10-8-22-43(45)55(44-23-9-11-25-46(44)57)36-30-32-51-49(33-36)38-17-12-13-27-50(38)59-51/h1-34H. The van der Waals surface area contributed by atoms with Gasteiger partial charge in [-0.1, -0.05) is 12.1 Å². The van der Waals surface area contributed by atoms with Gasteiger partial charge in [-0.15, -0.1) is 0 Å². The van der Waals surface area contributed by atoms with Crippen molar-refractivity contribution in [1.82, 2.24) is 0 Å². The quantitative estimate of drug-likeness (QED) is 0.122. The van der Waals surface area contributed by atoms with Crippen molar-refractivity contribution in [3.63, 3.8) is 0 Å². The maximum atomic E-state index is 2.51. The number of rotatable bonds is 4. The molecule has 13 aromatic rings. The summed E-state index contributed by atoms with van der Waals surface area (Å²) >= 11 is 2.04. The first-order valence-corrected chi connectivity index (χ1v) is 23.1. The Morgan fingerprint density at radius 2 is 0.733 bits per heavy atom. The molecule has 0 saturated carbocycles. The monoisotopic (exact) mass is 842 g/mol. The SMILES string of the molecule is c1ccc(-c2c3ccccc3c(-c3ccc4c(c3)[se]c3cccc(-c5c6ccccc6c(-c6ccc7sc8ccccc8c7c6)c6ccccc56)c34)c3ccccc23)cc1. The van der Waals surface area contributed by atoms with E-state index < -0.39 is 0 Å². The van der Waals surface area contributed by atoms with Gasteiger partial charge in [-0.05, 0) is 6.07 Å². The molecule has 0 aliphatic carbocycles. The van der Waals surface area contributed by atoms with Crippen LogP contribution in [0.3, 0.4) is 0 Å². The van der Waals surface area contributed by atoms with Gasteiger partial charge in [-0.2, -0.15) is 0 Å². The van der Waals surface area contributed by atoms with Gasteiger partial charge in [0.25, 0.3) is 0 Å². The Hall–Kier alpha value is -6.80.